The van der Waals surface area contributed by atoms with E-state index in [0.29, 0.717) is 6.10 Å². The Morgan fingerprint density at radius 3 is 2.62 bits per heavy atom. The molecular weight excluding hydrogens is 102 g/mol. The van der Waals surface area contributed by atoms with Crippen molar-refractivity contribution in [1.82, 2.24) is 0 Å². The van der Waals surface area contributed by atoms with Crippen molar-refractivity contribution >= 4 is 0 Å². The second-order valence-electron chi connectivity index (χ2n) is 2.42. The second-order valence-corrected chi connectivity index (χ2v) is 2.42. The van der Waals surface area contributed by atoms with Gasteiger partial charge >= 0.3 is 0 Å². The molecule has 2 N–H and O–H groups in total. The lowest BCUT2D eigenvalue weighted by atomic mass is 10.0. The standard InChI is InChI=1S/C6H9NO/c7-5-3-4-1-2-6(5)8-4/h1-2,4-6H,3,7H2/t4-,5?,6+/m0/s1. The Morgan fingerprint density at radius 1 is 1.50 bits per heavy atom. The first kappa shape index (κ1) is 4.53. The van der Waals surface area contributed by atoms with Crippen molar-refractivity contribution in [2.45, 2.75) is 24.7 Å². The van der Waals surface area contributed by atoms with Gasteiger partial charge in [0.1, 0.15) is 0 Å². The van der Waals surface area contributed by atoms with Gasteiger partial charge < -0.3 is 10.5 Å². The third-order valence-corrected chi connectivity index (χ3v) is 1.77. The predicted molar refractivity (Wildman–Crippen MR) is 30.4 cm³/mol. The van der Waals surface area contributed by atoms with E-state index in [1.54, 1.807) is 0 Å². The van der Waals surface area contributed by atoms with E-state index in [1.807, 2.05) is 0 Å². The van der Waals surface area contributed by atoms with Crippen LogP contribution in [0, 0.1) is 0 Å². The average Bonchev–Trinajstić information content (AvgIpc) is 2.23. The van der Waals surface area contributed by atoms with Crippen LogP contribution in [0.3, 0.4) is 0 Å². The largest absolute Gasteiger partial charge is 0.365 e. The molecule has 44 valence electrons. The molecule has 2 bridgehead atoms. The van der Waals surface area contributed by atoms with Gasteiger partial charge in [0.05, 0.1) is 12.2 Å². The summed E-state index contributed by atoms with van der Waals surface area (Å²) in [7, 11) is 0. The monoisotopic (exact) mass is 111 g/mol. The minimum atomic E-state index is 0.236. The van der Waals surface area contributed by atoms with Crippen molar-refractivity contribution in [2.75, 3.05) is 0 Å². The van der Waals surface area contributed by atoms with Crippen LogP contribution in [0.4, 0.5) is 0 Å². The molecule has 0 aromatic rings. The summed E-state index contributed by atoms with van der Waals surface area (Å²) in [5.74, 6) is 0. The molecule has 2 heterocycles. The minimum Gasteiger partial charge on any atom is -0.365 e. The molecule has 0 aromatic heterocycles. The number of ether oxygens (including phenoxy) is 1. The highest BCUT2D eigenvalue weighted by Gasteiger charge is 2.33. The molecule has 0 amide bonds. The number of fused-ring (bicyclic) bond motifs is 2. The predicted octanol–water partition coefficient (Wildman–Crippen LogP) is 0.0410. The van der Waals surface area contributed by atoms with Gasteiger partial charge in [0.15, 0.2) is 0 Å². The summed E-state index contributed by atoms with van der Waals surface area (Å²) in [6.07, 6.45) is 5.74. The molecule has 1 saturated heterocycles. The summed E-state index contributed by atoms with van der Waals surface area (Å²) in [5.41, 5.74) is 5.64. The molecule has 0 aromatic carbocycles. The summed E-state index contributed by atoms with van der Waals surface area (Å²) in [4.78, 5) is 0. The van der Waals surface area contributed by atoms with Gasteiger partial charge in [-0.05, 0) is 6.42 Å². The maximum Gasteiger partial charge on any atom is 0.0916 e. The zero-order valence-electron chi connectivity index (χ0n) is 4.58. The van der Waals surface area contributed by atoms with Crippen LogP contribution >= 0.6 is 0 Å². The quantitative estimate of drug-likeness (QED) is 0.448. The van der Waals surface area contributed by atoms with Crippen molar-refractivity contribution in [3.63, 3.8) is 0 Å². The topological polar surface area (TPSA) is 35.2 Å². The van der Waals surface area contributed by atoms with E-state index in [-0.39, 0.29) is 12.1 Å². The van der Waals surface area contributed by atoms with Gasteiger partial charge in [-0.25, -0.2) is 0 Å². The third-order valence-electron chi connectivity index (χ3n) is 1.77. The van der Waals surface area contributed by atoms with Crippen LogP contribution in [0.25, 0.3) is 0 Å². The third kappa shape index (κ3) is 0.443. The fourth-order valence-electron chi connectivity index (χ4n) is 1.31. The van der Waals surface area contributed by atoms with Crippen LogP contribution in [-0.2, 0) is 4.74 Å². The van der Waals surface area contributed by atoms with Gasteiger partial charge in [-0.15, -0.1) is 0 Å². The normalized spacial score (nSPS) is 50.9. The van der Waals surface area contributed by atoms with Crippen molar-refractivity contribution in [3.8, 4) is 0 Å². The van der Waals surface area contributed by atoms with Crippen molar-refractivity contribution in [3.05, 3.63) is 12.2 Å². The number of rotatable bonds is 0. The van der Waals surface area contributed by atoms with Crippen molar-refractivity contribution in [1.29, 1.82) is 0 Å². The van der Waals surface area contributed by atoms with Crippen LogP contribution < -0.4 is 5.73 Å². The summed E-state index contributed by atoms with van der Waals surface area (Å²) < 4.78 is 5.35. The molecular formula is C6H9NO. The Labute approximate surface area is 48.3 Å². The van der Waals surface area contributed by atoms with E-state index in [2.05, 4.69) is 12.2 Å². The molecule has 3 atom stereocenters. The smallest absolute Gasteiger partial charge is 0.0916 e. The Kier molecular flexibility index (Phi) is 0.754. The molecule has 0 radical (unpaired) electrons. The van der Waals surface area contributed by atoms with E-state index >= 15 is 0 Å². The van der Waals surface area contributed by atoms with E-state index < -0.39 is 0 Å². The Bertz CT molecular complexity index is 132. The van der Waals surface area contributed by atoms with Crippen LogP contribution in [0.15, 0.2) is 12.2 Å². The first-order chi connectivity index (χ1) is 3.86. The van der Waals surface area contributed by atoms with Crippen LogP contribution in [-0.4, -0.2) is 18.2 Å². The lowest BCUT2D eigenvalue weighted by molar-refractivity contribution is 0.117. The average molecular weight is 111 g/mol. The molecule has 0 aliphatic carbocycles. The van der Waals surface area contributed by atoms with Crippen LogP contribution in [0.2, 0.25) is 0 Å². The van der Waals surface area contributed by atoms with Gasteiger partial charge in [0.2, 0.25) is 0 Å². The molecule has 0 spiro atoms. The first-order valence-electron chi connectivity index (χ1n) is 2.95. The van der Waals surface area contributed by atoms with E-state index in [0.717, 1.165) is 6.42 Å². The first-order valence-corrected chi connectivity index (χ1v) is 2.95. The molecule has 2 nitrogen and oxygen atoms in total. The summed E-state index contributed by atoms with van der Waals surface area (Å²) in [6.45, 7) is 0. The number of nitrogens with two attached hydrogens (primary N) is 1. The number of hydrogen-bond acceptors (Lipinski definition) is 2. The number of hydrogen-bond donors (Lipinski definition) is 1. The van der Waals surface area contributed by atoms with E-state index in [9.17, 15) is 0 Å². The molecule has 1 unspecified atom stereocenters. The molecule has 8 heavy (non-hydrogen) atoms. The SMILES string of the molecule is NC1C[C@@H]2C=C[C@H]1O2. The molecule has 0 saturated carbocycles. The fourth-order valence-corrected chi connectivity index (χ4v) is 1.31. The molecule has 2 aliphatic rings. The Morgan fingerprint density at radius 2 is 2.38 bits per heavy atom. The van der Waals surface area contributed by atoms with Crippen molar-refractivity contribution in [2.24, 2.45) is 5.73 Å². The lowest BCUT2D eigenvalue weighted by Gasteiger charge is -2.06. The highest BCUT2D eigenvalue weighted by atomic mass is 16.5. The summed E-state index contributed by atoms with van der Waals surface area (Å²) >= 11 is 0. The Hall–Kier alpha value is -0.340. The lowest BCUT2D eigenvalue weighted by Crippen LogP contribution is -2.28. The highest BCUT2D eigenvalue weighted by molar-refractivity contribution is 5.12. The van der Waals surface area contributed by atoms with Crippen molar-refractivity contribution < 1.29 is 4.74 Å². The van der Waals surface area contributed by atoms with Gasteiger partial charge in [-0.3, -0.25) is 0 Å². The van der Waals surface area contributed by atoms with E-state index in [1.165, 1.54) is 0 Å². The van der Waals surface area contributed by atoms with Crippen LogP contribution in [0.5, 0.6) is 0 Å². The minimum absolute atomic E-state index is 0.236. The highest BCUT2D eigenvalue weighted by Crippen LogP contribution is 2.26. The van der Waals surface area contributed by atoms with Gasteiger partial charge in [0, 0.05) is 6.04 Å². The zero-order valence-corrected chi connectivity index (χ0v) is 4.58. The fraction of sp³-hybridized carbons (Fsp3) is 0.667. The molecule has 1 fully saturated rings. The second kappa shape index (κ2) is 1.33. The van der Waals surface area contributed by atoms with Gasteiger partial charge in [-0.1, -0.05) is 12.2 Å². The van der Waals surface area contributed by atoms with Crippen LogP contribution in [0.1, 0.15) is 6.42 Å². The van der Waals surface area contributed by atoms with E-state index in [4.69, 9.17) is 10.5 Å². The summed E-state index contributed by atoms with van der Waals surface area (Å²) in [6, 6.07) is 0.269. The maximum absolute atomic E-state index is 5.64. The molecule has 2 rings (SSSR count). The Balaban J connectivity index is 2.23. The molecule has 2 heteroatoms. The summed E-state index contributed by atoms with van der Waals surface area (Å²) in [5, 5.41) is 0. The zero-order chi connectivity index (χ0) is 5.56. The molecule has 2 aliphatic heterocycles. The van der Waals surface area contributed by atoms with Gasteiger partial charge in [0.25, 0.3) is 0 Å². The van der Waals surface area contributed by atoms with Gasteiger partial charge in [-0.2, -0.15) is 0 Å². The maximum atomic E-state index is 5.64.